The number of nitrogens with one attached hydrogen (secondary N) is 1. The van der Waals surface area contributed by atoms with E-state index in [1.165, 1.54) is 37.7 Å². The minimum atomic E-state index is 0.131. The van der Waals surface area contributed by atoms with E-state index in [-0.39, 0.29) is 5.54 Å². The van der Waals surface area contributed by atoms with Gasteiger partial charge in [-0.25, -0.2) is 0 Å². The highest BCUT2D eigenvalue weighted by molar-refractivity contribution is 5.33. The molecule has 1 fully saturated rings. The summed E-state index contributed by atoms with van der Waals surface area (Å²) in [7, 11) is 0. The Balaban J connectivity index is 1.94. The van der Waals surface area contributed by atoms with Gasteiger partial charge in [-0.1, -0.05) is 31.5 Å². The van der Waals surface area contributed by atoms with Gasteiger partial charge in [0.2, 0.25) is 0 Å². The molecule has 0 bridgehead atoms. The van der Waals surface area contributed by atoms with Gasteiger partial charge in [-0.2, -0.15) is 0 Å². The fourth-order valence-corrected chi connectivity index (χ4v) is 2.96. The Bertz CT molecular complexity index is 427. The van der Waals surface area contributed by atoms with E-state index in [2.05, 4.69) is 57.3 Å². The van der Waals surface area contributed by atoms with E-state index in [0.717, 1.165) is 18.2 Å². The van der Waals surface area contributed by atoms with Crippen LogP contribution in [0.4, 0.5) is 0 Å². The zero-order valence-electron chi connectivity index (χ0n) is 14.1. The van der Waals surface area contributed by atoms with Gasteiger partial charge in [0.1, 0.15) is 5.75 Å². The van der Waals surface area contributed by atoms with Crippen molar-refractivity contribution < 1.29 is 4.74 Å². The van der Waals surface area contributed by atoms with Crippen LogP contribution in [-0.2, 0) is 6.54 Å². The van der Waals surface area contributed by atoms with Gasteiger partial charge in [-0.05, 0) is 58.4 Å². The lowest BCUT2D eigenvalue weighted by atomic mass is 9.86. The average Bonchev–Trinajstić information content (AvgIpc) is 2.46. The molecular weight excluding hydrogens is 258 g/mol. The van der Waals surface area contributed by atoms with E-state index in [1.54, 1.807) is 0 Å². The first-order valence-electron chi connectivity index (χ1n) is 8.47. The highest BCUT2D eigenvalue weighted by Gasteiger charge is 2.22. The summed E-state index contributed by atoms with van der Waals surface area (Å²) >= 11 is 0. The summed E-state index contributed by atoms with van der Waals surface area (Å²) in [6, 6.07) is 8.46. The third-order valence-electron chi connectivity index (χ3n) is 4.45. The molecule has 1 saturated carbocycles. The molecule has 2 rings (SSSR count). The van der Waals surface area contributed by atoms with Crippen LogP contribution in [0.2, 0.25) is 0 Å². The Morgan fingerprint density at radius 3 is 2.38 bits per heavy atom. The minimum absolute atomic E-state index is 0.131. The molecule has 0 heterocycles. The summed E-state index contributed by atoms with van der Waals surface area (Å²) in [5.74, 6) is 1.98. The molecule has 118 valence electrons. The van der Waals surface area contributed by atoms with E-state index >= 15 is 0 Å². The molecule has 0 aromatic heterocycles. The van der Waals surface area contributed by atoms with Crippen molar-refractivity contribution in [2.75, 3.05) is 0 Å². The van der Waals surface area contributed by atoms with E-state index < -0.39 is 0 Å². The van der Waals surface area contributed by atoms with Crippen molar-refractivity contribution in [3.05, 3.63) is 29.8 Å². The van der Waals surface area contributed by atoms with Crippen molar-refractivity contribution in [2.24, 2.45) is 5.92 Å². The smallest absolute Gasteiger partial charge is 0.124 e. The fourth-order valence-electron chi connectivity index (χ4n) is 2.96. The van der Waals surface area contributed by atoms with Gasteiger partial charge in [-0.3, -0.25) is 0 Å². The Morgan fingerprint density at radius 2 is 1.76 bits per heavy atom. The maximum atomic E-state index is 6.30. The summed E-state index contributed by atoms with van der Waals surface area (Å²) in [5.41, 5.74) is 1.40. The Hall–Kier alpha value is -1.02. The quantitative estimate of drug-likeness (QED) is 0.830. The van der Waals surface area contributed by atoms with Crippen molar-refractivity contribution in [3.8, 4) is 5.75 Å². The van der Waals surface area contributed by atoms with E-state index in [1.807, 2.05) is 0 Å². The van der Waals surface area contributed by atoms with E-state index in [9.17, 15) is 0 Å². The highest BCUT2D eigenvalue weighted by atomic mass is 16.5. The molecule has 0 aliphatic heterocycles. The zero-order valence-corrected chi connectivity index (χ0v) is 14.1. The largest absolute Gasteiger partial charge is 0.490 e. The second-order valence-electron chi connectivity index (χ2n) is 7.38. The Labute approximate surface area is 130 Å². The van der Waals surface area contributed by atoms with Crippen molar-refractivity contribution in [2.45, 2.75) is 78.0 Å². The third-order valence-corrected chi connectivity index (χ3v) is 4.45. The SMILES string of the molecule is CCC1CCC(Oc2ccccc2CNC(C)(C)C)CC1. The lowest BCUT2D eigenvalue weighted by Crippen LogP contribution is -2.35. The molecule has 0 saturated heterocycles. The second kappa shape index (κ2) is 7.31. The second-order valence-corrected chi connectivity index (χ2v) is 7.38. The summed E-state index contributed by atoms with van der Waals surface area (Å²) < 4.78 is 6.30. The van der Waals surface area contributed by atoms with Gasteiger partial charge in [-0.15, -0.1) is 0 Å². The maximum Gasteiger partial charge on any atom is 0.124 e. The monoisotopic (exact) mass is 289 g/mol. The van der Waals surface area contributed by atoms with Crippen LogP contribution < -0.4 is 10.1 Å². The lowest BCUT2D eigenvalue weighted by molar-refractivity contribution is 0.128. The number of hydrogen-bond donors (Lipinski definition) is 1. The van der Waals surface area contributed by atoms with Crippen LogP contribution in [0, 0.1) is 5.92 Å². The van der Waals surface area contributed by atoms with Crippen LogP contribution in [0.1, 0.15) is 65.4 Å². The maximum absolute atomic E-state index is 6.30. The van der Waals surface area contributed by atoms with Crippen LogP contribution in [0.25, 0.3) is 0 Å². The van der Waals surface area contributed by atoms with Gasteiger partial charge in [0.05, 0.1) is 6.10 Å². The zero-order chi connectivity index (χ0) is 15.3. The lowest BCUT2D eigenvalue weighted by Gasteiger charge is -2.29. The molecule has 0 unspecified atom stereocenters. The van der Waals surface area contributed by atoms with Crippen molar-refractivity contribution >= 4 is 0 Å². The first-order chi connectivity index (χ1) is 9.98. The molecule has 0 amide bonds. The predicted octanol–water partition coefficient (Wildman–Crippen LogP) is 4.92. The number of hydrogen-bond acceptors (Lipinski definition) is 2. The Kier molecular flexibility index (Phi) is 5.69. The number of para-hydroxylation sites is 1. The molecule has 0 radical (unpaired) electrons. The molecule has 0 spiro atoms. The van der Waals surface area contributed by atoms with Crippen molar-refractivity contribution in [1.29, 1.82) is 0 Å². The fraction of sp³-hybridized carbons (Fsp3) is 0.684. The topological polar surface area (TPSA) is 21.3 Å². The first-order valence-corrected chi connectivity index (χ1v) is 8.47. The molecule has 1 N–H and O–H groups in total. The Morgan fingerprint density at radius 1 is 1.10 bits per heavy atom. The van der Waals surface area contributed by atoms with Crippen LogP contribution in [0.15, 0.2) is 24.3 Å². The highest BCUT2D eigenvalue weighted by Crippen LogP contribution is 2.30. The van der Waals surface area contributed by atoms with E-state index in [0.29, 0.717) is 6.10 Å². The molecule has 1 aromatic carbocycles. The molecule has 1 aromatic rings. The number of ether oxygens (including phenoxy) is 1. The molecule has 2 heteroatoms. The van der Waals surface area contributed by atoms with Gasteiger partial charge in [0, 0.05) is 17.6 Å². The molecular formula is C19H31NO. The molecule has 2 nitrogen and oxygen atoms in total. The summed E-state index contributed by atoms with van der Waals surface area (Å²) in [6.07, 6.45) is 6.79. The third kappa shape index (κ3) is 5.35. The average molecular weight is 289 g/mol. The van der Waals surface area contributed by atoms with Crippen LogP contribution in [0.5, 0.6) is 5.75 Å². The van der Waals surface area contributed by atoms with Crippen LogP contribution in [-0.4, -0.2) is 11.6 Å². The van der Waals surface area contributed by atoms with Gasteiger partial charge in [0.15, 0.2) is 0 Å². The molecule has 21 heavy (non-hydrogen) atoms. The van der Waals surface area contributed by atoms with Crippen LogP contribution in [0.3, 0.4) is 0 Å². The summed E-state index contributed by atoms with van der Waals surface area (Å²) in [4.78, 5) is 0. The first kappa shape index (κ1) is 16.4. The van der Waals surface area contributed by atoms with Crippen LogP contribution >= 0.6 is 0 Å². The van der Waals surface area contributed by atoms with Crippen molar-refractivity contribution in [3.63, 3.8) is 0 Å². The minimum Gasteiger partial charge on any atom is -0.490 e. The van der Waals surface area contributed by atoms with E-state index in [4.69, 9.17) is 4.74 Å². The number of rotatable bonds is 5. The number of benzene rings is 1. The van der Waals surface area contributed by atoms with Gasteiger partial charge < -0.3 is 10.1 Å². The molecule has 0 atom stereocenters. The normalized spacial score (nSPS) is 23.0. The summed E-state index contributed by atoms with van der Waals surface area (Å²) in [6.45, 7) is 9.76. The standard InChI is InChI=1S/C19H31NO/c1-5-15-10-12-17(13-11-15)21-18-9-7-6-8-16(18)14-20-19(2,3)4/h6-9,15,17,20H,5,10-14H2,1-4H3. The van der Waals surface area contributed by atoms with Gasteiger partial charge in [0.25, 0.3) is 0 Å². The van der Waals surface area contributed by atoms with Gasteiger partial charge >= 0.3 is 0 Å². The predicted molar refractivity (Wildman–Crippen MR) is 89.7 cm³/mol. The molecule has 1 aliphatic rings. The molecule has 1 aliphatic carbocycles. The van der Waals surface area contributed by atoms with Crippen molar-refractivity contribution in [1.82, 2.24) is 5.32 Å². The summed E-state index contributed by atoms with van der Waals surface area (Å²) in [5, 5.41) is 3.55.